The summed E-state index contributed by atoms with van der Waals surface area (Å²) in [7, 11) is 0. The Morgan fingerprint density at radius 3 is 3.07 bits per heavy atom. The number of anilines is 1. The van der Waals surface area contributed by atoms with Crippen molar-refractivity contribution in [3.8, 4) is 0 Å². The molecule has 1 aromatic carbocycles. The van der Waals surface area contributed by atoms with E-state index in [4.69, 9.17) is 0 Å². The summed E-state index contributed by atoms with van der Waals surface area (Å²) < 4.78 is 0. The monoisotopic (exact) mass is 220 g/mol. The van der Waals surface area contributed by atoms with Crippen LogP contribution in [0, 0.1) is 0 Å². The van der Waals surface area contributed by atoms with Gasteiger partial charge in [-0.3, -0.25) is 4.99 Å². The largest absolute Gasteiger partial charge is 0.335 e. The van der Waals surface area contributed by atoms with Crippen molar-refractivity contribution >= 4 is 22.6 Å². The minimum atomic E-state index is 0.613. The molecular weight excluding hydrogens is 204 g/mol. The molecule has 1 unspecified atom stereocenters. The molecule has 0 radical (unpaired) electrons. The normalized spacial score (nSPS) is 20.1. The van der Waals surface area contributed by atoms with Crippen LogP contribution in [0.3, 0.4) is 0 Å². The van der Waals surface area contributed by atoms with E-state index in [-0.39, 0.29) is 0 Å². The Bertz CT molecular complexity index is 374. The minimum absolute atomic E-state index is 0.613. The molecule has 1 atom stereocenters. The quantitative estimate of drug-likeness (QED) is 0.828. The fraction of sp³-hybridized carbons (Fsp3) is 0.417. The molecule has 80 valence electrons. The number of rotatable bonds is 2. The van der Waals surface area contributed by atoms with E-state index in [1.165, 1.54) is 5.56 Å². The number of thioether (sulfide) groups is 1. The fourth-order valence-electron chi connectivity index (χ4n) is 1.54. The van der Waals surface area contributed by atoms with Crippen LogP contribution in [0.15, 0.2) is 29.3 Å². The zero-order valence-electron chi connectivity index (χ0n) is 9.16. The van der Waals surface area contributed by atoms with Crippen LogP contribution in [-0.4, -0.2) is 17.0 Å². The Hall–Kier alpha value is -0.960. The topological polar surface area (TPSA) is 24.4 Å². The van der Waals surface area contributed by atoms with Gasteiger partial charge in [0.15, 0.2) is 5.17 Å². The average molecular weight is 220 g/mol. The summed E-state index contributed by atoms with van der Waals surface area (Å²) in [5.41, 5.74) is 2.51. The van der Waals surface area contributed by atoms with E-state index in [2.05, 4.69) is 48.4 Å². The first-order valence-electron chi connectivity index (χ1n) is 5.35. The van der Waals surface area contributed by atoms with Crippen molar-refractivity contribution in [1.29, 1.82) is 0 Å². The van der Waals surface area contributed by atoms with E-state index in [9.17, 15) is 0 Å². The molecule has 1 aliphatic rings. The third-order valence-electron chi connectivity index (χ3n) is 2.39. The number of nitrogens with zero attached hydrogens (tertiary/aromatic N) is 1. The van der Waals surface area contributed by atoms with Gasteiger partial charge in [0, 0.05) is 10.9 Å². The molecule has 0 saturated carbocycles. The average Bonchev–Trinajstić information content (AvgIpc) is 2.64. The molecule has 1 heterocycles. The maximum Gasteiger partial charge on any atom is 0.161 e. The van der Waals surface area contributed by atoms with Gasteiger partial charge in [-0.15, -0.1) is 0 Å². The van der Waals surface area contributed by atoms with E-state index < -0.39 is 0 Å². The molecule has 0 aliphatic carbocycles. The summed E-state index contributed by atoms with van der Waals surface area (Å²) in [6.07, 6.45) is 1.07. The molecule has 0 fully saturated rings. The molecule has 2 nitrogen and oxygen atoms in total. The molecule has 1 aliphatic heterocycles. The van der Waals surface area contributed by atoms with Gasteiger partial charge < -0.3 is 5.32 Å². The summed E-state index contributed by atoms with van der Waals surface area (Å²) in [5.74, 6) is 0. The van der Waals surface area contributed by atoms with Crippen LogP contribution in [0.5, 0.6) is 0 Å². The highest BCUT2D eigenvalue weighted by Gasteiger charge is 2.14. The molecule has 0 spiro atoms. The van der Waals surface area contributed by atoms with Crippen LogP contribution < -0.4 is 5.32 Å². The third-order valence-corrected chi connectivity index (χ3v) is 3.40. The van der Waals surface area contributed by atoms with Gasteiger partial charge in [0.05, 0.1) is 6.54 Å². The predicted octanol–water partition coefficient (Wildman–Crippen LogP) is 3.15. The maximum atomic E-state index is 4.44. The number of amidine groups is 1. The third kappa shape index (κ3) is 2.75. The maximum absolute atomic E-state index is 4.44. The van der Waals surface area contributed by atoms with Crippen molar-refractivity contribution in [2.45, 2.75) is 25.5 Å². The lowest BCUT2D eigenvalue weighted by Gasteiger charge is -2.07. The Labute approximate surface area is 95.2 Å². The second-order valence-electron chi connectivity index (χ2n) is 3.75. The Morgan fingerprint density at radius 1 is 1.53 bits per heavy atom. The summed E-state index contributed by atoms with van der Waals surface area (Å²) in [6, 6.07) is 8.51. The van der Waals surface area contributed by atoms with Gasteiger partial charge in [0.2, 0.25) is 0 Å². The van der Waals surface area contributed by atoms with Crippen LogP contribution >= 0.6 is 11.8 Å². The van der Waals surface area contributed by atoms with Crippen molar-refractivity contribution in [1.82, 2.24) is 0 Å². The second kappa shape index (κ2) is 4.71. The molecule has 1 N–H and O–H groups in total. The van der Waals surface area contributed by atoms with Gasteiger partial charge in [0.1, 0.15) is 0 Å². The highest BCUT2D eigenvalue weighted by atomic mass is 32.2. The van der Waals surface area contributed by atoms with E-state index >= 15 is 0 Å². The van der Waals surface area contributed by atoms with Crippen molar-refractivity contribution in [3.05, 3.63) is 29.8 Å². The molecule has 2 rings (SSSR count). The number of hydrogen-bond donors (Lipinski definition) is 1. The number of benzene rings is 1. The molecule has 0 saturated heterocycles. The number of aliphatic imine (C=N–C) groups is 1. The lowest BCUT2D eigenvalue weighted by atomic mass is 10.1. The molecule has 15 heavy (non-hydrogen) atoms. The first-order valence-corrected chi connectivity index (χ1v) is 6.23. The lowest BCUT2D eigenvalue weighted by molar-refractivity contribution is 0.976. The van der Waals surface area contributed by atoms with Crippen LogP contribution in [0.25, 0.3) is 0 Å². The van der Waals surface area contributed by atoms with E-state index in [0.717, 1.165) is 23.8 Å². The van der Waals surface area contributed by atoms with Crippen molar-refractivity contribution in [3.63, 3.8) is 0 Å². The first kappa shape index (κ1) is 10.6. The van der Waals surface area contributed by atoms with Crippen molar-refractivity contribution in [2.75, 3.05) is 11.9 Å². The Kier molecular flexibility index (Phi) is 3.31. The van der Waals surface area contributed by atoms with Gasteiger partial charge in [-0.05, 0) is 24.1 Å². The number of nitrogens with one attached hydrogen (secondary N) is 1. The van der Waals surface area contributed by atoms with E-state index in [0.29, 0.717) is 5.25 Å². The smallest absolute Gasteiger partial charge is 0.161 e. The number of aryl methyl sites for hydroxylation is 1. The predicted molar refractivity (Wildman–Crippen MR) is 68.8 cm³/mol. The Balaban J connectivity index is 2.04. The van der Waals surface area contributed by atoms with Gasteiger partial charge in [-0.1, -0.05) is 37.7 Å². The highest BCUT2D eigenvalue weighted by molar-refractivity contribution is 8.15. The standard InChI is InChI=1S/C12H16N2S/c1-3-10-5-4-6-11(7-10)14-12-13-8-9(2)15-12/h4-7,9H,3,8H2,1-2H3,(H,13,14). The van der Waals surface area contributed by atoms with Crippen molar-refractivity contribution < 1.29 is 0 Å². The minimum Gasteiger partial charge on any atom is -0.335 e. The SMILES string of the molecule is CCc1cccc(NC2=NCC(C)S2)c1. The van der Waals surface area contributed by atoms with Crippen LogP contribution in [0.2, 0.25) is 0 Å². The summed E-state index contributed by atoms with van der Waals surface area (Å²) in [5, 5.41) is 5.02. The second-order valence-corrected chi connectivity index (χ2v) is 5.18. The molecule has 1 aromatic rings. The van der Waals surface area contributed by atoms with Gasteiger partial charge in [-0.25, -0.2) is 0 Å². The summed E-state index contributed by atoms with van der Waals surface area (Å²) in [4.78, 5) is 4.44. The highest BCUT2D eigenvalue weighted by Crippen LogP contribution is 2.22. The van der Waals surface area contributed by atoms with Crippen molar-refractivity contribution in [2.24, 2.45) is 4.99 Å². The van der Waals surface area contributed by atoms with Crippen LogP contribution in [0.4, 0.5) is 5.69 Å². The molecule has 0 bridgehead atoms. The van der Waals surface area contributed by atoms with E-state index in [1.807, 2.05) is 11.8 Å². The fourth-order valence-corrected chi connectivity index (χ4v) is 2.39. The molecule has 0 amide bonds. The number of hydrogen-bond acceptors (Lipinski definition) is 3. The zero-order valence-corrected chi connectivity index (χ0v) is 9.97. The van der Waals surface area contributed by atoms with Crippen LogP contribution in [0.1, 0.15) is 19.4 Å². The van der Waals surface area contributed by atoms with Crippen LogP contribution in [-0.2, 0) is 6.42 Å². The zero-order chi connectivity index (χ0) is 10.7. The summed E-state index contributed by atoms with van der Waals surface area (Å²) in [6.45, 7) is 5.30. The first-order chi connectivity index (χ1) is 7.28. The lowest BCUT2D eigenvalue weighted by Crippen LogP contribution is -2.06. The van der Waals surface area contributed by atoms with Gasteiger partial charge in [-0.2, -0.15) is 0 Å². The van der Waals surface area contributed by atoms with Gasteiger partial charge in [0.25, 0.3) is 0 Å². The molecular formula is C12H16N2S. The van der Waals surface area contributed by atoms with E-state index in [1.54, 1.807) is 0 Å². The Morgan fingerprint density at radius 2 is 2.40 bits per heavy atom. The van der Waals surface area contributed by atoms with Gasteiger partial charge >= 0.3 is 0 Å². The summed E-state index contributed by atoms with van der Waals surface area (Å²) >= 11 is 1.81. The molecule has 3 heteroatoms. The molecule has 0 aromatic heterocycles.